The van der Waals surface area contributed by atoms with E-state index in [9.17, 15) is 9.59 Å². The van der Waals surface area contributed by atoms with Crippen LogP contribution in [0.1, 0.15) is 39.0 Å². The van der Waals surface area contributed by atoms with Gasteiger partial charge in [-0.25, -0.2) is 0 Å². The lowest BCUT2D eigenvalue weighted by molar-refractivity contribution is -0.143. The van der Waals surface area contributed by atoms with Crippen molar-refractivity contribution in [3.63, 3.8) is 0 Å². The fourth-order valence-electron chi connectivity index (χ4n) is 1.90. The van der Waals surface area contributed by atoms with E-state index >= 15 is 0 Å². The Hall–Kier alpha value is -1.10. The predicted octanol–water partition coefficient (Wildman–Crippen LogP) is 0.581. The van der Waals surface area contributed by atoms with Gasteiger partial charge in [0.15, 0.2) is 0 Å². The molecule has 1 rings (SSSR count). The van der Waals surface area contributed by atoms with Gasteiger partial charge < -0.3 is 15.7 Å². The molecule has 0 saturated carbocycles. The Bertz CT molecular complexity index is 280. The number of aliphatic carboxylic acids is 1. The molecule has 0 bridgehead atoms. The molecule has 0 aromatic carbocycles. The maximum absolute atomic E-state index is 11.7. The molecule has 1 heterocycles. The number of likely N-dealkylation sites (tertiary alicyclic amines) is 1. The van der Waals surface area contributed by atoms with Crippen LogP contribution in [0, 0.1) is 0 Å². The van der Waals surface area contributed by atoms with Gasteiger partial charge in [0.05, 0.1) is 0 Å². The van der Waals surface area contributed by atoms with Gasteiger partial charge in [-0.3, -0.25) is 9.59 Å². The van der Waals surface area contributed by atoms with Gasteiger partial charge in [-0.15, -0.1) is 0 Å². The zero-order valence-corrected chi connectivity index (χ0v) is 9.74. The highest BCUT2D eigenvalue weighted by Gasteiger charge is 2.42. The van der Waals surface area contributed by atoms with Gasteiger partial charge in [-0.1, -0.05) is 19.8 Å². The van der Waals surface area contributed by atoms with Crippen LogP contribution in [0.25, 0.3) is 0 Å². The van der Waals surface area contributed by atoms with E-state index in [0.29, 0.717) is 19.4 Å². The number of carboxylic acid groups (broad SMARTS) is 1. The third kappa shape index (κ3) is 2.95. The summed E-state index contributed by atoms with van der Waals surface area (Å²) >= 11 is 0. The molecule has 1 unspecified atom stereocenters. The van der Waals surface area contributed by atoms with Crippen molar-refractivity contribution in [1.82, 2.24) is 4.90 Å². The normalized spacial score (nSPS) is 24.8. The fraction of sp³-hybridized carbons (Fsp3) is 0.818. The van der Waals surface area contributed by atoms with Crippen LogP contribution in [0.3, 0.4) is 0 Å². The quantitative estimate of drug-likeness (QED) is 0.674. The van der Waals surface area contributed by atoms with Crippen molar-refractivity contribution in [2.24, 2.45) is 5.73 Å². The van der Waals surface area contributed by atoms with Gasteiger partial charge in [0.25, 0.3) is 0 Å². The molecule has 3 N–H and O–H groups in total. The molecule has 0 spiro atoms. The Morgan fingerprint density at radius 3 is 2.62 bits per heavy atom. The van der Waals surface area contributed by atoms with E-state index in [1.54, 1.807) is 4.90 Å². The Labute approximate surface area is 95.6 Å². The Kier molecular flexibility index (Phi) is 4.29. The zero-order valence-electron chi connectivity index (χ0n) is 9.74. The highest BCUT2D eigenvalue weighted by Crippen LogP contribution is 2.20. The van der Waals surface area contributed by atoms with Crippen LogP contribution in [-0.4, -0.2) is 40.5 Å². The summed E-state index contributed by atoms with van der Waals surface area (Å²) in [4.78, 5) is 24.2. The Balaban J connectivity index is 2.41. The molecule has 0 aromatic rings. The molecule has 5 nitrogen and oxygen atoms in total. The van der Waals surface area contributed by atoms with E-state index < -0.39 is 11.5 Å². The highest BCUT2D eigenvalue weighted by atomic mass is 16.4. The second-order valence-corrected chi connectivity index (χ2v) is 4.48. The van der Waals surface area contributed by atoms with Crippen LogP contribution in [0.2, 0.25) is 0 Å². The monoisotopic (exact) mass is 228 g/mol. The lowest BCUT2D eigenvalue weighted by Gasteiger charge is -2.20. The molecular formula is C11H20N2O3. The number of unbranched alkanes of at least 4 members (excludes halogenated alkanes) is 2. The van der Waals surface area contributed by atoms with Crippen molar-refractivity contribution in [2.45, 2.75) is 44.6 Å². The number of carboxylic acids is 1. The number of carbonyl (C=O) groups excluding carboxylic acids is 1. The Morgan fingerprint density at radius 1 is 1.44 bits per heavy atom. The second kappa shape index (κ2) is 5.30. The molecule has 5 heteroatoms. The fourth-order valence-corrected chi connectivity index (χ4v) is 1.90. The minimum absolute atomic E-state index is 0.0297. The van der Waals surface area contributed by atoms with E-state index in [4.69, 9.17) is 10.8 Å². The summed E-state index contributed by atoms with van der Waals surface area (Å²) < 4.78 is 0. The topological polar surface area (TPSA) is 83.6 Å². The van der Waals surface area contributed by atoms with Gasteiger partial charge in [-0.2, -0.15) is 0 Å². The van der Waals surface area contributed by atoms with E-state index in [1.165, 1.54) is 0 Å². The number of hydrogen-bond acceptors (Lipinski definition) is 3. The molecule has 16 heavy (non-hydrogen) atoms. The third-order valence-corrected chi connectivity index (χ3v) is 3.07. The SMILES string of the molecule is CCCCCC(=O)N1CCC(N)(C(=O)O)C1. The van der Waals surface area contributed by atoms with Gasteiger partial charge in [0.2, 0.25) is 5.91 Å². The molecule has 0 radical (unpaired) electrons. The maximum atomic E-state index is 11.7. The first-order valence-corrected chi connectivity index (χ1v) is 5.79. The average molecular weight is 228 g/mol. The highest BCUT2D eigenvalue weighted by molar-refractivity contribution is 5.83. The van der Waals surface area contributed by atoms with Crippen molar-refractivity contribution in [1.29, 1.82) is 0 Å². The van der Waals surface area contributed by atoms with Crippen molar-refractivity contribution in [3.05, 3.63) is 0 Å². The number of nitrogens with two attached hydrogens (primary N) is 1. The van der Waals surface area contributed by atoms with Gasteiger partial charge in [0.1, 0.15) is 5.54 Å². The van der Waals surface area contributed by atoms with Crippen LogP contribution in [0.4, 0.5) is 0 Å². The van der Waals surface area contributed by atoms with E-state index in [0.717, 1.165) is 19.3 Å². The minimum Gasteiger partial charge on any atom is -0.480 e. The molecule has 1 amide bonds. The molecule has 1 fully saturated rings. The summed E-state index contributed by atoms with van der Waals surface area (Å²) in [6.45, 7) is 2.69. The van der Waals surface area contributed by atoms with E-state index in [2.05, 4.69) is 6.92 Å². The number of nitrogens with zero attached hydrogens (tertiary/aromatic N) is 1. The summed E-state index contributed by atoms with van der Waals surface area (Å²) in [5.41, 5.74) is 4.46. The molecule has 1 aliphatic heterocycles. The molecular weight excluding hydrogens is 208 g/mol. The van der Waals surface area contributed by atoms with E-state index in [-0.39, 0.29) is 12.5 Å². The average Bonchev–Trinajstić information content (AvgIpc) is 2.63. The minimum atomic E-state index is -1.24. The largest absolute Gasteiger partial charge is 0.480 e. The van der Waals surface area contributed by atoms with Crippen molar-refractivity contribution >= 4 is 11.9 Å². The van der Waals surface area contributed by atoms with Crippen molar-refractivity contribution < 1.29 is 14.7 Å². The van der Waals surface area contributed by atoms with Gasteiger partial charge >= 0.3 is 5.97 Å². The maximum Gasteiger partial charge on any atom is 0.325 e. The lowest BCUT2D eigenvalue weighted by Crippen LogP contribution is -2.50. The molecule has 92 valence electrons. The summed E-state index contributed by atoms with van der Waals surface area (Å²) in [5, 5.41) is 8.92. The lowest BCUT2D eigenvalue weighted by atomic mass is 10.0. The number of amides is 1. The van der Waals surface area contributed by atoms with Gasteiger partial charge in [-0.05, 0) is 12.8 Å². The van der Waals surface area contributed by atoms with Crippen LogP contribution in [0.5, 0.6) is 0 Å². The summed E-state index contributed by atoms with van der Waals surface area (Å²) in [6, 6.07) is 0. The molecule has 1 saturated heterocycles. The van der Waals surface area contributed by atoms with Crippen molar-refractivity contribution in [2.75, 3.05) is 13.1 Å². The zero-order chi connectivity index (χ0) is 12.2. The third-order valence-electron chi connectivity index (χ3n) is 3.07. The smallest absolute Gasteiger partial charge is 0.325 e. The predicted molar refractivity (Wildman–Crippen MR) is 59.9 cm³/mol. The summed E-state index contributed by atoms with van der Waals surface area (Å²) in [7, 11) is 0. The number of rotatable bonds is 5. The second-order valence-electron chi connectivity index (χ2n) is 4.48. The standard InChI is InChI=1S/C11H20N2O3/c1-2-3-4-5-9(14)13-7-6-11(12,8-13)10(15)16/h2-8,12H2,1H3,(H,15,16). The van der Waals surface area contributed by atoms with E-state index in [1.807, 2.05) is 0 Å². The molecule has 1 aliphatic rings. The molecule has 0 aromatic heterocycles. The first-order chi connectivity index (χ1) is 7.49. The molecule has 0 aliphatic carbocycles. The van der Waals surface area contributed by atoms with Crippen molar-refractivity contribution in [3.8, 4) is 0 Å². The first-order valence-electron chi connectivity index (χ1n) is 5.79. The summed E-state index contributed by atoms with van der Waals surface area (Å²) in [6.07, 6.45) is 3.83. The van der Waals surface area contributed by atoms with Crippen LogP contribution >= 0.6 is 0 Å². The first kappa shape index (κ1) is 13.0. The number of carbonyl (C=O) groups is 2. The van der Waals surface area contributed by atoms with Crippen LogP contribution in [-0.2, 0) is 9.59 Å². The van der Waals surface area contributed by atoms with Crippen LogP contribution in [0.15, 0.2) is 0 Å². The summed E-state index contributed by atoms with van der Waals surface area (Å²) in [5.74, 6) is -0.988. The van der Waals surface area contributed by atoms with Crippen LogP contribution < -0.4 is 5.73 Å². The Morgan fingerprint density at radius 2 is 2.12 bits per heavy atom. The van der Waals surface area contributed by atoms with Gasteiger partial charge in [0, 0.05) is 19.5 Å². The number of hydrogen-bond donors (Lipinski definition) is 2. The molecule has 1 atom stereocenters.